The van der Waals surface area contributed by atoms with E-state index in [9.17, 15) is 9.59 Å². The number of rotatable bonds is 6. The fourth-order valence-corrected chi connectivity index (χ4v) is 3.76. The molecule has 1 N–H and O–H groups in total. The van der Waals surface area contributed by atoms with Crippen LogP contribution < -0.4 is 5.32 Å². The van der Waals surface area contributed by atoms with E-state index in [1.54, 1.807) is 35.4 Å². The molecule has 2 heterocycles. The Bertz CT molecular complexity index is 1020. The number of nitrogens with one attached hydrogen (secondary N) is 1. The molecule has 1 aliphatic rings. The molecule has 1 saturated heterocycles. The van der Waals surface area contributed by atoms with Gasteiger partial charge in [-0.25, -0.2) is 4.98 Å². The van der Waals surface area contributed by atoms with E-state index in [0.29, 0.717) is 29.4 Å². The van der Waals surface area contributed by atoms with Gasteiger partial charge in [0.1, 0.15) is 11.8 Å². The molecule has 0 radical (unpaired) electrons. The summed E-state index contributed by atoms with van der Waals surface area (Å²) in [5.41, 5.74) is 1.60. The quantitative estimate of drug-likeness (QED) is 0.649. The smallest absolute Gasteiger partial charge is 0.251 e. The van der Waals surface area contributed by atoms with Crippen LogP contribution in [-0.2, 0) is 11.2 Å². The van der Waals surface area contributed by atoms with Crippen LogP contribution in [0.2, 0.25) is 5.02 Å². The molecule has 30 heavy (non-hydrogen) atoms. The molecule has 154 valence electrons. The number of hydrogen-bond donors (Lipinski definition) is 1. The van der Waals surface area contributed by atoms with Gasteiger partial charge in [0, 0.05) is 23.6 Å². The van der Waals surface area contributed by atoms with E-state index >= 15 is 0 Å². The molecule has 6 nitrogen and oxygen atoms in total. The van der Waals surface area contributed by atoms with Gasteiger partial charge in [0.2, 0.25) is 11.8 Å². The molecule has 0 spiro atoms. The zero-order chi connectivity index (χ0) is 20.9. The lowest BCUT2D eigenvalue weighted by molar-refractivity contribution is -0.131. The summed E-state index contributed by atoms with van der Waals surface area (Å²) in [6.07, 6.45) is 3.98. The summed E-state index contributed by atoms with van der Waals surface area (Å²) in [6, 6.07) is 16.2. The average molecular weight is 424 g/mol. The van der Waals surface area contributed by atoms with Crippen LogP contribution in [-0.4, -0.2) is 34.8 Å². The first-order chi connectivity index (χ1) is 14.6. The van der Waals surface area contributed by atoms with Gasteiger partial charge in [-0.3, -0.25) is 9.59 Å². The lowest BCUT2D eigenvalue weighted by Crippen LogP contribution is -2.39. The van der Waals surface area contributed by atoms with E-state index in [0.717, 1.165) is 24.2 Å². The summed E-state index contributed by atoms with van der Waals surface area (Å²) < 4.78 is 5.95. The number of hydrogen-bond acceptors (Lipinski definition) is 4. The zero-order valence-electron chi connectivity index (χ0n) is 16.4. The van der Waals surface area contributed by atoms with Crippen LogP contribution in [0.5, 0.6) is 0 Å². The Morgan fingerprint density at radius 2 is 1.90 bits per heavy atom. The molecule has 7 heteroatoms. The van der Waals surface area contributed by atoms with Gasteiger partial charge < -0.3 is 14.6 Å². The van der Waals surface area contributed by atoms with E-state index in [-0.39, 0.29) is 24.4 Å². The normalized spacial score (nSPS) is 15.9. The standard InChI is InChI=1S/C23H22ClN3O3/c24-18-10-8-16(9-11-18)13-19-14-26-23(30-19)20-7-4-12-27(20)21(28)15-25-22(29)17-5-2-1-3-6-17/h1-3,5-6,8-11,14,20H,4,7,12-13,15H2,(H,25,29). The molecule has 3 aromatic rings. The van der Waals surface area contributed by atoms with Crippen molar-refractivity contribution in [3.05, 3.63) is 88.6 Å². The van der Waals surface area contributed by atoms with Crippen molar-refractivity contribution in [2.24, 2.45) is 0 Å². The number of likely N-dealkylation sites (tertiary alicyclic amines) is 1. The summed E-state index contributed by atoms with van der Waals surface area (Å²) >= 11 is 5.93. The molecule has 0 aliphatic carbocycles. The van der Waals surface area contributed by atoms with Crippen LogP contribution in [0.3, 0.4) is 0 Å². The summed E-state index contributed by atoms with van der Waals surface area (Å²) in [5, 5.41) is 3.39. The van der Waals surface area contributed by atoms with E-state index in [1.807, 2.05) is 30.3 Å². The van der Waals surface area contributed by atoms with Crippen LogP contribution in [0.25, 0.3) is 0 Å². The van der Waals surface area contributed by atoms with Crippen molar-refractivity contribution in [3.8, 4) is 0 Å². The van der Waals surface area contributed by atoms with E-state index in [1.165, 1.54) is 0 Å². The Kier molecular flexibility index (Phi) is 6.14. The Hall–Kier alpha value is -3.12. The van der Waals surface area contributed by atoms with Crippen molar-refractivity contribution < 1.29 is 14.0 Å². The SMILES string of the molecule is O=C(NCC(=O)N1CCCC1c1ncc(Cc2ccc(Cl)cc2)o1)c1ccccc1. The lowest BCUT2D eigenvalue weighted by atomic mass is 10.1. The highest BCUT2D eigenvalue weighted by Crippen LogP contribution is 2.32. The minimum atomic E-state index is -0.263. The van der Waals surface area contributed by atoms with Gasteiger partial charge in [0.25, 0.3) is 5.91 Å². The molecule has 0 saturated carbocycles. The van der Waals surface area contributed by atoms with E-state index < -0.39 is 0 Å². The van der Waals surface area contributed by atoms with Crippen molar-refractivity contribution in [2.45, 2.75) is 25.3 Å². The Morgan fingerprint density at radius 3 is 2.67 bits per heavy atom. The highest BCUT2D eigenvalue weighted by atomic mass is 35.5. The van der Waals surface area contributed by atoms with Crippen LogP contribution in [0, 0.1) is 0 Å². The van der Waals surface area contributed by atoms with Crippen molar-refractivity contribution in [2.75, 3.05) is 13.1 Å². The first kappa shape index (κ1) is 20.2. The molecule has 1 fully saturated rings. The third kappa shape index (κ3) is 4.71. The third-order valence-electron chi connectivity index (χ3n) is 5.16. The second-order valence-corrected chi connectivity index (χ2v) is 7.70. The van der Waals surface area contributed by atoms with Crippen LogP contribution in [0.15, 0.2) is 65.2 Å². The summed E-state index contributed by atoms with van der Waals surface area (Å²) in [5.74, 6) is 0.878. The van der Waals surface area contributed by atoms with Crippen LogP contribution in [0.1, 0.15) is 46.5 Å². The fourth-order valence-electron chi connectivity index (χ4n) is 3.63. The molecule has 2 amide bonds. The predicted octanol–water partition coefficient (Wildman–Crippen LogP) is 4.01. The number of benzene rings is 2. The Balaban J connectivity index is 1.37. The number of carbonyl (C=O) groups is 2. The van der Waals surface area contributed by atoms with E-state index in [4.69, 9.17) is 16.0 Å². The molecule has 1 unspecified atom stereocenters. The molecule has 4 rings (SSSR count). The van der Waals surface area contributed by atoms with Crippen LogP contribution in [0.4, 0.5) is 0 Å². The number of aromatic nitrogens is 1. The van der Waals surface area contributed by atoms with E-state index in [2.05, 4.69) is 10.3 Å². The molecule has 0 bridgehead atoms. The monoisotopic (exact) mass is 423 g/mol. The van der Waals surface area contributed by atoms with Crippen molar-refractivity contribution >= 4 is 23.4 Å². The first-order valence-corrected chi connectivity index (χ1v) is 10.3. The van der Waals surface area contributed by atoms with Crippen molar-refractivity contribution in [3.63, 3.8) is 0 Å². The predicted molar refractivity (Wildman–Crippen MR) is 113 cm³/mol. The molecular weight excluding hydrogens is 402 g/mol. The lowest BCUT2D eigenvalue weighted by Gasteiger charge is -2.22. The number of carbonyl (C=O) groups excluding carboxylic acids is 2. The van der Waals surface area contributed by atoms with Gasteiger partial charge >= 0.3 is 0 Å². The number of amides is 2. The maximum atomic E-state index is 12.7. The highest BCUT2D eigenvalue weighted by molar-refractivity contribution is 6.30. The first-order valence-electron chi connectivity index (χ1n) is 9.92. The van der Waals surface area contributed by atoms with Gasteiger partial charge in [0.15, 0.2) is 0 Å². The molecule has 1 atom stereocenters. The number of nitrogens with zero attached hydrogens (tertiary/aromatic N) is 2. The van der Waals surface area contributed by atoms with Crippen LogP contribution >= 0.6 is 11.6 Å². The van der Waals surface area contributed by atoms with Gasteiger partial charge in [-0.2, -0.15) is 0 Å². The number of halogens is 1. The number of oxazole rings is 1. The maximum Gasteiger partial charge on any atom is 0.251 e. The molecular formula is C23H22ClN3O3. The Labute approximate surface area is 179 Å². The van der Waals surface area contributed by atoms with Gasteiger partial charge in [-0.1, -0.05) is 41.9 Å². The second-order valence-electron chi connectivity index (χ2n) is 7.26. The summed E-state index contributed by atoms with van der Waals surface area (Å²) in [4.78, 5) is 31.1. The average Bonchev–Trinajstić information content (AvgIpc) is 3.43. The Morgan fingerprint density at radius 1 is 1.13 bits per heavy atom. The molecule has 1 aromatic heterocycles. The highest BCUT2D eigenvalue weighted by Gasteiger charge is 2.33. The minimum absolute atomic E-state index is 0.0530. The van der Waals surface area contributed by atoms with Gasteiger partial charge in [-0.05, 0) is 42.7 Å². The van der Waals surface area contributed by atoms with Crippen molar-refractivity contribution in [1.82, 2.24) is 15.2 Å². The summed E-state index contributed by atoms with van der Waals surface area (Å²) in [6.45, 7) is 0.572. The minimum Gasteiger partial charge on any atom is -0.443 e. The zero-order valence-corrected chi connectivity index (χ0v) is 17.1. The topological polar surface area (TPSA) is 75.4 Å². The molecule has 1 aliphatic heterocycles. The largest absolute Gasteiger partial charge is 0.443 e. The fraction of sp³-hybridized carbons (Fsp3) is 0.261. The van der Waals surface area contributed by atoms with Gasteiger partial charge in [-0.15, -0.1) is 0 Å². The molecule has 2 aromatic carbocycles. The van der Waals surface area contributed by atoms with Crippen molar-refractivity contribution in [1.29, 1.82) is 0 Å². The second kappa shape index (κ2) is 9.13. The summed E-state index contributed by atoms with van der Waals surface area (Å²) in [7, 11) is 0. The third-order valence-corrected chi connectivity index (χ3v) is 5.41. The van der Waals surface area contributed by atoms with Gasteiger partial charge in [0.05, 0.1) is 12.7 Å². The maximum absolute atomic E-state index is 12.7.